The molecule has 0 saturated heterocycles. The number of rotatable bonds is 7. The van der Waals surface area contributed by atoms with Crippen LogP contribution < -0.4 is 10.6 Å². The molecule has 1 amide bonds. The van der Waals surface area contributed by atoms with Crippen LogP contribution >= 0.6 is 0 Å². The van der Waals surface area contributed by atoms with Gasteiger partial charge in [0, 0.05) is 6.04 Å². The Kier molecular flexibility index (Phi) is 10.4. The molecule has 20 heavy (non-hydrogen) atoms. The lowest BCUT2D eigenvalue weighted by molar-refractivity contribution is -0.105. The van der Waals surface area contributed by atoms with Crippen LogP contribution in [0.25, 0.3) is 0 Å². The molecule has 1 rings (SSSR count). The Hall–Kier alpha value is -1.55. The van der Waals surface area contributed by atoms with Crippen LogP contribution in [-0.4, -0.2) is 24.1 Å². The van der Waals surface area contributed by atoms with Gasteiger partial charge in [0.25, 0.3) is 0 Å². The normalized spacial score (nSPS) is 9.85. The Labute approximate surface area is 122 Å². The van der Waals surface area contributed by atoms with Crippen molar-refractivity contribution in [2.75, 3.05) is 11.9 Å². The summed E-state index contributed by atoms with van der Waals surface area (Å²) >= 11 is 0. The summed E-state index contributed by atoms with van der Waals surface area (Å²) in [5.41, 5.74) is 1.54. The van der Waals surface area contributed by atoms with Crippen LogP contribution in [0.15, 0.2) is 18.2 Å². The Morgan fingerprint density at radius 1 is 1.30 bits per heavy atom. The second-order valence-electron chi connectivity index (χ2n) is 4.93. The molecule has 0 aromatic heterocycles. The van der Waals surface area contributed by atoms with Crippen LogP contribution in [-0.2, 0) is 11.2 Å². The monoisotopic (exact) mass is 280 g/mol. The lowest BCUT2D eigenvalue weighted by atomic mass is 10.1. The molecule has 0 aliphatic rings. The van der Waals surface area contributed by atoms with E-state index in [4.69, 9.17) is 0 Å². The van der Waals surface area contributed by atoms with Gasteiger partial charge in [0.1, 0.15) is 5.75 Å². The summed E-state index contributed by atoms with van der Waals surface area (Å²) in [5.74, 6) is 0.0966. The largest absolute Gasteiger partial charge is 0.506 e. The zero-order valence-electron chi connectivity index (χ0n) is 13.1. The number of anilines is 1. The van der Waals surface area contributed by atoms with Gasteiger partial charge >= 0.3 is 0 Å². The van der Waals surface area contributed by atoms with Gasteiger partial charge < -0.3 is 15.7 Å². The molecule has 0 aliphatic carbocycles. The SMILES string of the molecule is CCCCNC(C)C.CCc1ccc(O)c(NC=O)c1. The highest BCUT2D eigenvalue weighted by Gasteiger charge is 1.99. The number of phenolic OH excluding ortho intramolecular Hbond substituents is 1. The smallest absolute Gasteiger partial charge is 0.211 e. The lowest BCUT2D eigenvalue weighted by Gasteiger charge is -2.05. The molecule has 0 bridgehead atoms. The third-order valence-electron chi connectivity index (χ3n) is 2.77. The van der Waals surface area contributed by atoms with E-state index in [1.165, 1.54) is 19.4 Å². The van der Waals surface area contributed by atoms with E-state index >= 15 is 0 Å². The Bertz CT molecular complexity index is 379. The zero-order valence-corrected chi connectivity index (χ0v) is 13.1. The molecule has 1 aromatic rings. The molecule has 0 unspecified atom stereocenters. The van der Waals surface area contributed by atoms with Gasteiger partial charge in [-0.2, -0.15) is 0 Å². The van der Waals surface area contributed by atoms with Crippen molar-refractivity contribution in [1.29, 1.82) is 0 Å². The maximum absolute atomic E-state index is 10.1. The molecular formula is C16H28N2O2. The lowest BCUT2D eigenvalue weighted by Crippen LogP contribution is -2.23. The fourth-order valence-corrected chi connectivity index (χ4v) is 1.55. The van der Waals surface area contributed by atoms with Gasteiger partial charge in [0.15, 0.2) is 0 Å². The molecule has 0 saturated carbocycles. The van der Waals surface area contributed by atoms with Gasteiger partial charge in [-0.15, -0.1) is 0 Å². The number of hydrogen-bond acceptors (Lipinski definition) is 3. The third-order valence-corrected chi connectivity index (χ3v) is 2.77. The minimum Gasteiger partial charge on any atom is -0.506 e. The molecule has 1 aromatic carbocycles. The van der Waals surface area contributed by atoms with Crippen LogP contribution in [0.3, 0.4) is 0 Å². The second-order valence-corrected chi connectivity index (χ2v) is 4.93. The number of phenols is 1. The molecule has 0 aliphatic heterocycles. The van der Waals surface area contributed by atoms with Crippen molar-refractivity contribution in [1.82, 2.24) is 5.32 Å². The summed E-state index contributed by atoms with van der Waals surface area (Å²) < 4.78 is 0. The summed E-state index contributed by atoms with van der Waals surface area (Å²) in [6.45, 7) is 9.75. The van der Waals surface area contributed by atoms with Gasteiger partial charge in [0.2, 0.25) is 6.41 Å². The number of benzene rings is 1. The summed E-state index contributed by atoms with van der Waals surface area (Å²) in [7, 11) is 0. The van der Waals surface area contributed by atoms with Crippen LogP contribution in [0.4, 0.5) is 5.69 Å². The minimum absolute atomic E-state index is 0.0966. The van der Waals surface area contributed by atoms with E-state index in [0.29, 0.717) is 18.1 Å². The first-order valence-electron chi connectivity index (χ1n) is 7.30. The highest BCUT2D eigenvalue weighted by atomic mass is 16.3. The highest BCUT2D eigenvalue weighted by Crippen LogP contribution is 2.23. The first-order valence-corrected chi connectivity index (χ1v) is 7.30. The molecule has 0 heterocycles. The van der Waals surface area contributed by atoms with Crippen LogP contribution in [0.5, 0.6) is 5.75 Å². The van der Waals surface area contributed by atoms with Crippen molar-refractivity contribution in [3.63, 3.8) is 0 Å². The Morgan fingerprint density at radius 2 is 2.00 bits per heavy atom. The van der Waals surface area contributed by atoms with Crippen LogP contribution in [0, 0.1) is 0 Å². The fraction of sp³-hybridized carbons (Fsp3) is 0.562. The molecular weight excluding hydrogens is 252 g/mol. The zero-order chi connectivity index (χ0) is 15.4. The predicted molar refractivity (Wildman–Crippen MR) is 85.2 cm³/mol. The number of amides is 1. The summed E-state index contributed by atoms with van der Waals surface area (Å²) in [6.07, 6.45) is 4.03. The molecule has 0 atom stereocenters. The van der Waals surface area contributed by atoms with E-state index < -0.39 is 0 Å². The van der Waals surface area contributed by atoms with E-state index in [9.17, 15) is 9.90 Å². The van der Waals surface area contributed by atoms with Crippen LogP contribution in [0.2, 0.25) is 0 Å². The first-order chi connectivity index (χ1) is 9.54. The molecule has 0 radical (unpaired) electrons. The van der Waals surface area contributed by atoms with Crippen molar-refractivity contribution in [2.45, 2.75) is 53.0 Å². The van der Waals surface area contributed by atoms with Crippen LogP contribution in [0.1, 0.15) is 46.1 Å². The van der Waals surface area contributed by atoms with Gasteiger partial charge in [-0.1, -0.05) is 40.2 Å². The van der Waals surface area contributed by atoms with Gasteiger partial charge in [-0.3, -0.25) is 4.79 Å². The second kappa shape index (κ2) is 11.3. The number of hydrogen-bond donors (Lipinski definition) is 3. The van der Waals surface area contributed by atoms with Crippen molar-refractivity contribution in [2.24, 2.45) is 0 Å². The summed E-state index contributed by atoms with van der Waals surface area (Å²) in [4.78, 5) is 10.1. The van der Waals surface area contributed by atoms with Crippen molar-refractivity contribution in [3.8, 4) is 5.75 Å². The standard InChI is InChI=1S/C9H11NO2.C7H17N/c1-2-7-3-4-9(12)8(5-7)10-6-11;1-4-5-6-8-7(2)3/h3-6,12H,2H2,1H3,(H,10,11);7-8H,4-6H2,1-3H3. The topological polar surface area (TPSA) is 61.4 Å². The molecule has 4 heteroatoms. The quantitative estimate of drug-likeness (QED) is 0.408. The average molecular weight is 280 g/mol. The molecule has 4 nitrogen and oxygen atoms in total. The van der Waals surface area contributed by atoms with Gasteiger partial charge in [-0.25, -0.2) is 0 Å². The van der Waals surface area contributed by atoms with E-state index in [2.05, 4.69) is 31.4 Å². The van der Waals surface area contributed by atoms with E-state index in [0.717, 1.165) is 12.0 Å². The van der Waals surface area contributed by atoms with Crippen molar-refractivity contribution in [3.05, 3.63) is 23.8 Å². The Balaban J connectivity index is 0.000000396. The Morgan fingerprint density at radius 3 is 2.50 bits per heavy atom. The van der Waals surface area contributed by atoms with Gasteiger partial charge in [0.05, 0.1) is 5.69 Å². The number of aromatic hydroxyl groups is 1. The van der Waals surface area contributed by atoms with E-state index in [-0.39, 0.29) is 5.75 Å². The summed E-state index contributed by atoms with van der Waals surface area (Å²) in [5, 5.41) is 15.0. The third kappa shape index (κ3) is 8.53. The number of aryl methyl sites for hydroxylation is 1. The minimum atomic E-state index is 0.0966. The number of carbonyl (C=O) groups excluding carboxylic acids is 1. The molecule has 0 spiro atoms. The number of unbranched alkanes of at least 4 members (excludes halogenated alkanes) is 1. The summed E-state index contributed by atoms with van der Waals surface area (Å²) in [6, 6.07) is 5.81. The number of carbonyl (C=O) groups is 1. The van der Waals surface area contributed by atoms with Crippen molar-refractivity contribution >= 4 is 12.1 Å². The molecule has 0 fully saturated rings. The highest BCUT2D eigenvalue weighted by molar-refractivity contribution is 5.75. The van der Waals surface area contributed by atoms with E-state index in [1.807, 2.05) is 13.0 Å². The number of nitrogens with one attached hydrogen (secondary N) is 2. The van der Waals surface area contributed by atoms with E-state index in [1.54, 1.807) is 12.1 Å². The maximum atomic E-state index is 10.1. The molecule has 3 N–H and O–H groups in total. The fourth-order valence-electron chi connectivity index (χ4n) is 1.55. The average Bonchev–Trinajstić information content (AvgIpc) is 2.42. The predicted octanol–water partition coefficient (Wildman–Crippen LogP) is 3.31. The maximum Gasteiger partial charge on any atom is 0.211 e. The first kappa shape index (κ1) is 18.4. The van der Waals surface area contributed by atoms with Crippen molar-refractivity contribution < 1.29 is 9.90 Å². The molecule has 114 valence electrons. The van der Waals surface area contributed by atoms with Gasteiger partial charge in [-0.05, 0) is 37.1 Å².